The summed E-state index contributed by atoms with van der Waals surface area (Å²) in [6, 6.07) is 13.0. The summed E-state index contributed by atoms with van der Waals surface area (Å²) in [6.07, 6.45) is 5.10. The molecule has 430 valence electrons. The first-order valence-corrected chi connectivity index (χ1v) is 26.4. The van der Waals surface area contributed by atoms with Crippen LogP contribution in [-0.2, 0) is 56.1 Å². The quantitative estimate of drug-likeness (QED) is 0.0283. The molecule has 1 aliphatic heterocycles. The van der Waals surface area contributed by atoms with Crippen LogP contribution >= 0.6 is 0 Å². The maximum Gasteiger partial charge on any atom is 0.326 e. The minimum Gasteiger partial charge on any atom is -0.480 e. The van der Waals surface area contributed by atoms with Gasteiger partial charge in [0.1, 0.15) is 42.2 Å². The number of imide groups is 1. The highest BCUT2D eigenvalue weighted by Gasteiger charge is 2.39. The number of benzene rings is 3. The Labute approximate surface area is 463 Å². The van der Waals surface area contributed by atoms with Gasteiger partial charge < -0.3 is 52.0 Å². The Balaban J connectivity index is 1.09. The first-order valence-electron chi connectivity index (χ1n) is 26.4. The fourth-order valence-electron chi connectivity index (χ4n) is 8.91. The van der Waals surface area contributed by atoms with E-state index in [2.05, 4.69) is 26.6 Å². The second kappa shape index (κ2) is 29.2. The number of halogens is 2. The predicted octanol–water partition coefficient (Wildman–Crippen LogP) is 3.89. The maximum atomic E-state index is 15.1. The number of carbonyl (C=O) groups excluding carboxylic acids is 8. The molecule has 0 aliphatic carbocycles. The van der Waals surface area contributed by atoms with Gasteiger partial charge in [0.2, 0.25) is 35.4 Å². The van der Waals surface area contributed by atoms with E-state index in [4.69, 9.17) is 10.7 Å². The molecule has 2 heterocycles. The van der Waals surface area contributed by atoms with Crippen molar-refractivity contribution in [2.75, 3.05) is 31.6 Å². The third-order valence-electron chi connectivity index (χ3n) is 13.2. The molecule has 3 aromatic carbocycles. The monoisotopic (exact) mass is 1110 g/mol. The number of aliphatic carboxylic acids is 1. The Morgan fingerprint density at radius 2 is 1.45 bits per heavy atom. The van der Waals surface area contributed by atoms with E-state index >= 15 is 4.39 Å². The van der Waals surface area contributed by atoms with Crippen LogP contribution in [0.5, 0.6) is 0 Å². The van der Waals surface area contributed by atoms with Gasteiger partial charge in [0.05, 0.1) is 17.8 Å². The molecular weight excluding hydrogens is 1040 g/mol. The van der Waals surface area contributed by atoms with Crippen molar-refractivity contribution in [1.82, 2.24) is 40.6 Å². The highest BCUT2D eigenvalue weighted by Crippen LogP contribution is 2.39. The molecule has 0 bridgehead atoms. The summed E-state index contributed by atoms with van der Waals surface area (Å²) in [5, 5.41) is 33.2. The molecule has 9 N–H and O–H groups in total. The SMILES string of the molecule is CC(C)C(NC(=O)CCCCCN1C(=O)C=CC1=O)C(=O)N[C@@H](C)C(=O)Nc1ccc(C[C@H](NC(=O)CCNC(=O)[C@@H](N)CCN(C(=O)CO)[C@@H](c2nc(-c3cc(F)ccc3F)cn2Cc2ccccc2)C(C)(C)C)C(=O)O)cc1. The molecule has 4 aromatic rings. The Bertz CT molecular complexity index is 2870. The molecule has 8 amide bonds. The largest absolute Gasteiger partial charge is 0.480 e. The molecule has 1 aromatic heterocycles. The highest BCUT2D eigenvalue weighted by atomic mass is 19.1. The van der Waals surface area contributed by atoms with Crippen LogP contribution in [0.2, 0.25) is 0 Å². The number of hydrogen-bond acceptors (Lipinski definition) is 12. The number of carboxylic acids is 1. The lowest BCUT2D eigenvalue weighted by Gasteiger charge is -2.40. The van der Waals surface area contributed by atoms with Gasteiger partial charge in [-0.25, -0.2) is 18.6 Å². The van der Waals surface area contributed by atoms with Gasteiger partial charge in [-0.1, -0.05) is 83.5 Å². The van der Waals surface area contributed by atoms with Gasteiger partial charge in [0.25, 0.3) is 11.8 Å². The zero-order chi connectivity index (χ0) is 58.8. The number of aliphatic hydroxyl groups is 1. The van der Waals surface area contributed by atoms with E-state index in [0.717, 1.165) is 28.7 Å². The van der Waals surface area contributed by atoms with Crippen molar-refractivity contribution in [2.45, 2.75) is 123 Å². The Morgan fingerprint density at radius 3 is 2.08 bits per heavy atom. The van der Waals surface area contributed by atoms with Crippen molar-refractivity contribution in [2.24, 2.45) is 17.1 Å². The van der Waals surface area contributed by atoms with Gasteiger partial charge in [-0.3, -0.25) is 43.3 Å². The van der Waals surface area contributed by atoms with E-state index in [1.165, 1.54) is 36.1 Å². The van der Waals surface area contributed by atoms with Gasteiger partial charge in [0, 0.05) is 75.0 Å². The fourth-order valence-corrected chi connectivity index (χ4v) is 8.91. The maximum absolute atomic E-state index is 15.1. The number of hydrogen-bond donors (Lipinski definition) is 8. The summed E-state index contributed by atoms with van der Waals surface area (Å²) in [6.45, 7) is 9.70. The number of nitrogens with zero attached hydrogens (tertiary/aromatic N) is 4. The normalized spacial score (nSPS) is 14.2. The number of carboxylic acid groups (broad SMARTS) is 1. The molecule has 80 heavy (non-hydrogen) atoms. The van der Waals surface area contributed by atoms with Gasteiger partial charge in [-0.2, -0.15) is 0 Å². The van der Waals surface area contributed by atoms with Crippen molar-refractivity contribution in [3.8, 4) is 11.3 Å². The second-order valence-electron chi connectivity index (χ2n) is 21.0. The van der Waals surface area contributed by atoms with Crippen molar-refractivity contribution >= 4 is 58.9 Å². The molecule has 0 spiro atoms. The topological polar surface area (TPSA) is 305 Å². The number of nitrogens with two attached hydrogens (primary N) is 1. The summed E-state index contributed by atoms with van der Waals surface area (Å²) in [7, 11) is 0. The van der Waals surface area contributed by atoms with Crippen LogP contribution in [0.15, 0.2) is 91.1 Å². The molecule has 1 aliphatic rings. The zero-order valence-electron chi connectivity index (χ0n) is 45.8. The number of unbranched alkanes of at least 4 members (excludes halogenated alkanes) is 2. The first-order chi connectivity index (χ1) is 37.9. The smallest absolute Gasteiger partial charge is 0.326 e. The van der Waals surface area contributed by atoms with E-state index in [1.54, 1.807) is 36.7 Å². The molecule has 0 fully saturated rings. The summed E-state index contributed by atoms with van der Waals surface area (Å²) in [4.78, 5) is 122. The van der Waals surface area contributed by atoms with E-state index < -0.39 is 89.4 Å². The standard InChI is InChI=1S/C57H72F2N10O11/c1-34(2)50(66-45(71)15-11-8-12-27-68-47(73)22-23-48(68)74)55(78)62-35(3)53(76)63-39-19-16-36(17-20-39)29-43(56(79)80)64-46(72)24-26-61-54(77)42(60)25-28-69(49(75)33-70)51(57(4,5)6)52-65-44(40-30-38(58)18-21-41(40)59)32-67(52)31-37-13-9-7-10-14-37/h7,9-10,13-14,16-23,30,32,34-35,42-43,50-51,70H,8,11-12,15,24-29,31,33,60H2,1-6H3,(H,61,77)(H,62,78)(H,63,76)(H,64,72)(H,66,71)(H,79,80)/t35-,42-,43-,50?,51-/m0/s1. The van der Waals surface area contributed by atoms with Gasteiger partial charge in [-0.15, -0.1) is 0 Å². The number of carbonyl (C=O) groups is 9. The first kappa shape index (κ1) is 62.7. The number of rotatable bonds is 29. The zero-order valence-corrected chi connectivity index (χ0v) is 45.8. The highest BCUT2D eigenvalue weighted by molar-refractivity contribution is 6.12. The second-order valence-corrected chi connectivity index (χ2v) is 21.0. The van der Waals surface area contributed by atoms with Crippen LogP contribution in [0, 0.1) is 23.0 Å². The Morgan fingerprint density at radius 1 is 0.787 bits per heavy atom. The third kappa shape index (κ3) is 18.2. The van der Waals surface area contributed by atoms with E-state index in [1.807, 2.05) is 51.1 Å². The third-order valence-corrected chi connectivity index (χ3v) is 13.2. The molecule has 5 rings (SSSR count). The summed E-state index contributed by atoms with van der Waals surface area (Å²) in [5.41, 5.74) is 7.21. The van der Waals surface area contributed by atoms with Crippen LogP contribution in [0.25, 0.3) is 11.3 Å². The lowest BCUT2D eigenvalue weighted by Crippen LogP contribution is -2.53. The lowest BCUT2D eigenvalue weighted by molar-refractivity contribution is -0.142. The van der Waals surface area contributed by atoms with Crippen LogP contribution in [0.1, 0.15) is 103 Å². The molecule has 0 saturated carbocycles. The van der Waals surface area contributed by atoms with Gasteiger partial charge in [0.15, 0.2) is 0 Å². The average Bonchev–Trinajstić information content (AvgIpc) is 3.96. The van der Waals surface area contributed by atoms with Crippen molar-refractivity contribution in [3.63, 3.8) is 0 Å². The minimum atomic E-state index is -1.37. The van der Waals surface area contributed by atoms with E-state index in [0.29, 0.717) is 36.3 Å². The van der Waals surface area contributed by atoms with Crippen LogP contribution in [0.3, 0.4) is 0 Å². The predicted molar refractivity (Wildman–Crippen MR) is 291 cm³/mol. The number of imidazole rings is 1. The molecule has 1 unspecified atom stereocenters. The average molecular weight is 1110 g/mol. The number of amides is 8. The van der Waals surface area contributed by atoms with Gasteiger partial charge >= 0.3 is 5.97 Å². The minimum absolute atomic E-state index is 0.0957. The molecule has 5 atom stereocenters. The number of aromatic nitrogens is 2. The van der Waals surface area contributed by atoms with Crippen LogP contribution < -0.4 is 32.3 Å². The molecule has 0 saturated heterocycles. The van der Waals surface area contributed by atoms with Crippen molar-refractivity contribution < 1.29 is 62.1 Å². The summed E-state index contributed by atoms with van der Waals surface area (Å²) in [5.74, 6) is -7.05. The Hall–Kier alpha value is -8.18. The number of nitrogens with one attached hydrogen (secondary N) is 5. The number of aliphatic hydroxyl groups excluding tert-OH is 1. The molecule has 0 radical (unpaired) electrons. The molecule has 23 heteroatoms. The molecule has 21 nitrogen and oxygen atoms in total. The van der Waals surface area contributed by atoms with Crippen LogP contribution in [-0.4, -0.2) is 133 Å². The van der Waals surface area contributed by atoms with Crippen LogP contribution in [0.4, 0.5) is 14.5 Å². The lowest BCUT2D eigenvalue weighted by atomic mass is 9.84. The Kier molecular flexibility index (Phi) is 22.8. The molecular formula is C57H72F2N10O11. The van der Waals surface area contributed by atoms with Crippen molar-refractivity contribution in [1.29, 1.82) is 0 Å². The van der Waals surface area contributed by atoms with E-state index in [-0.39, 0.29) is 86.8 Å². The van der Waals surface area contributed by atoms with Crippen molar-refractivity contribution in [3.05, 3.63) is 120 Å². The number of anilines is 1. The summed E-state index contributed by atoms with van der Waals surface area (Å²) >= 11 is 0. The van der Waals surface area contributed by atoms with Gasteiger partial charge in [-0.05, 0) is 79.0 Å². The van der Waals surface area contributed by atoms with E-state index in [9.17, 15) is 57.8 Å². The summed E-state index contributed by atoms with van der Waals surface area (Å²) < 4.78 is 31.3. The fraction of sp³-hybridized carbons (Fsp3) is 0.439.